The van der Waals surface area contributed by atoms with E-state index in [9.17, 15) is 24.0 Å². The molecule has 176 valence electrons. The molecule has 0 saturated heterocycles. The van der Waals surface area contributed by atoms with Gasteiger partial charge in [-0.2, -0.15) is 0 Å². The molecule has 0 fully saturated rings. The number of carbonyl (C=O) groups excluding carboxylic acids is 5. The molecular weight excluding hydrogens is 446 g/mol. The van der Waals surface area contributed by atoms with E-state index >= 15 is 0 Å². The van der Waals surface area contributed by atoms with Crippen LogP contribution in [-0.2, 0) is 19.1 Å². The van der Waals surface area contributed by atoms with E-state index in [1.807, 2.05) is 0 Å². The first-order valence-electron chi connectivity index (χ1n) is 10.5. The summed E-state index contributed by atoms with van der Waals surface area (Å²) in [5.41, 5.74) is 0.391. The van der Waals surface area contributed by atoms with Gasteiger partial charge in [-0.1, -0.05) is 12.1 Å². The Morgan fingerprint density at radius 2 is 1.74 bits per heavy atom. The zero-order chi connectivity index (χ0) is 24.4. The number of rotatable bonds is 7. The van der Waals surface area contributed by atoms with E-state index in [1.165, 1.54) is 25.3 Å². The number of esters is 2. The molecule has 34 heavy (non-hydrogen) atoms. The lowest BCUT2D eigenvalue weighted by Crippen LogP contribution is -2.48. The van der Waals surface area contributed by atoms with Crippen LogP contribution in [0.2, 0.25) is 0 Å². The molecule has 0 radical (unpaired) electrons. The number of amides is 4. The fraction of sp³-hybridized carbons (Fsp3) is 0.261. The normalized spacial score (nSPS) is 18.2. The number of carbonyl (C=O) groups is 5. The highest BCUT2D eigenvalue weighted by Gasteiger charge is 2.42. The molecule has 2 unspecified atom stereocenters. The zero-order valence-corrected chi connectivity index (χ0v) is 18.3. The minimum atomic E-state index is -1.24. The fourth-order valence-corrected chi connectivity index (χ4v) is 3.78. The second-order valence-corrected chi connectivity index (χ2v) is 7.47. The van der Waals surface area contributed by atoms with Gasteiger partial charge in [0.2, 0.25) is 0 Å². The molecule has 4 rings (SSSR count). The lowest BCUT2D eigenvalue weighted by atomic mass is 10.0. The van der Waals surface area contributed by atoms with Crippen LogP contribution < -0.4 is 10.6 Å². The summed E-state index contributed by atoms with van der Waals surface area (Å²) in [5, 5.41) is 5.03. The Labute approximate surface area is 193 Å². The summed E-state index contributed by atoms with van der Waals surface area (Å²) in [6, 6.07) is 6.56. The van der Waals surface area contributed by atoms with Crippen LogP contribution in [0.15, 0.2) is 58.3 Å². The van der Waals surface area contributed by atoms with Crippen molar-refractivity contribution in [3.05, 3.63) is 70.8 Å². The highest BCUT2D eigenvalue weighted by molar-refractivity contribution is 6.22. The van der Waals surface area contributed by atoms with Gasteiger partial charge < -0.3 is 24.5 Å². The summed E-state index contributed by atoms with van der Waals surface area (Å²) in [4.78, 5) is 63.7. The Hall–Kier alpha value is -4.41. The van der Waals surface area contributed by atoms with Gasteiger partial charge in [0.1, 0.15) is 24.5 Å². The summed E-state index contributed by atoms with van der Waals surface area (Å²) < 4.78 is 15.7. The van der Waals surface area contributed by atoms with E-state index in [-0.39, 0.29) is 34.8 Å². The fourth-order valence-electron chi connectivity index (χ4n) is 3.78. The Balaban J connectivity index is 1.55. The van der Waals surface area contributed by atoms with Crippen molar-refractivity contribution in [1.29, 1.82) is 0 Å². The molecule has 0 spiro atoms. The molecule has 0 bridgehead atoms. The summed E-state index contributed by atoms with van der Waals surface area (Å²) >= 11 is 0. The molecule has 2 N–H and O–H groups in total. The van der Waals surface area contributed by atoms with Crippen LogP contribution in [0.1, 0.15) is 46.4 Å². The third-order valence-electron chi connectivity index (χ3n) is 5.39. The van der Waals surface area contributed by atoms with Gasteiger partial charge in [-0.3, -0.25) is 14.5 Å². The van der Waals surface area contributed by atoms with E-state index in [0.29, 0.717) is 0 Å². The van der Waals surface area contributed by atoms with Crippen LogP contribution in [0.4, 0.5) is 4.79 Å². The van der Waals surface area contributed by atoms with Gasteiger partial charge in [-0.15, -0.1) is 0 Å². The smallest absolute Gasteiger partial charge is 0.338 e. The Kier molecular flexibility index (Phi) is 6.17. The van der Waals surface area contributed by atoms with Gasteiger partial charge in [-0.05, 0) is 38.1 Å². The number of furan rings is 1. The molecule has 4 amide bonds. The van der Waals surface area contributed by atoms with E-state index in [0.717, 1.165) is 4.90 Å². The molecule has 3 heterocycles. The minimum absolute atomic E-state index is 0.00224. The van der Waals surface area contributed by atoms with Crippen molar-refractivity contribution in [1.82, 2.24) is 15.5 Å². The predicted molar refractivity (Wildman–Crippen MR) is 114 cm³/mol. The third-order valence-corrected chi connectivity index (χ3v) is 5.39. The first-order valence-corrected chi connectivity index (χ1v) is 10.5. The van der Waals surface area contributed by atoms with Gasteiger partial charge in [0.25, 0.3) is 11.8 Å². The second-order valence-electron chi connectivity index (χ2n) is 7.47. The molecule has 2 aliphatic rings. The van der Waals surface area contributed by atoms with Crippen LogP contribution in [0.3, 0.4) is 0 Å². The molecule has 1 aromatic carbocycles. The molecule has 1 aromatic heterocycles. The van der Waals surface area contributed by atoms with E-state index in [1.54, 1.807) is 31.2 Å². The van der Waals surface area contributed by atoms with E-state index < -0.39 is 48.5 Å². The number of nitrogens with zero attached hydrogens (tertiary/aromatic N) is 1. The van der Waals surface area contributed by atoms with Gasteiger partial charge >= 0.3 is 18.0 Å². The number of urea groups is 1. The molecule has 2 aliphatic heterocycles. The van der Waals surface area contributed by atoms with Gasteiger partial charge in [-0.25, -0.2) is 14.4 Å². The Morgan fingerprint density at radius 3 is 2.32 bits per heavy atom. The standard InChI is InChI=1S/C23H21N3O8/c1-3-32-22(30)17-15(24-23(31)25-18(17)16-9-6-10-33-16)11-34-21(29)12(2)26-19(27)13-7-4-5-8-14(13)20(26)28/h4-10,12,18H,3,11H2,1-2H3,(H2,24,25,31). The number of nitrogens with one attached hydrogen (secondary N) is 2. The van der Waals surface area contributed by atoms with Crippen LogP contribution in [0.5, 0.6) is 0 Å². The lowest BCUT2D eigenvalue weighted by Gasteiger charge is -2.28. The van der Waals surface area contributed by atoms with Crippen molar-refractivity contribution in [2.24, 2.45) is 0 Å². The molecule has 2 atom stereocenters. The monoisotopic (exact) mass is 467 g/mol. The maximum absolute atomic E-state index is 12.8. The molecule has 0 aliphatic carbocycles. The summed E-state index contributed by atoms with van der Waals surface area (Å²) in [6.45, 7) is 2.55. The first-order chi connectivity index (χ1) is 16.3. The Bertz CT molecular complexity index is 1170. The van der Waals surface area contributed by atoms with Crippen molar-refractivity contribution >= 4 is 29.8 Å². The van der Waals surface area contributed by atoms with Crippen LogP contribution in [0.25, 0.3) is 0 Å². The number of fused-ring (bicyclic) bond motifs is 1. The molecular formula is C23H21N3O8. The third kappa shape index (κ3) is 4.03. The summed E-state index contributed by atoms with van der Waals surface area (Å²) in [6.07, 6.45) is 1.38. The highest BCUT2D eigenvalue weighted by Crippen LogP contribution is 2.29. The van der Waals surface area contributed by atoms with Crippen molar-refractivity contribution in [3.8, 4) is 0 Å². The quantitative estimate of drug-likeness (QED) is 0.462. The second kappa shape index (κ2) is 9.22. The van der Waals surface area contributed by atoms with E-state index in [4.69, 9.17) is 13.9 Å². The molecule has 2 aromatic rings. The Morgan fingerprint density at radius 1 is 1.06 bits per heavy atom. The largest absolute Gasteiger partial charge is 0.467 e. The average Bonchev–Trinajstić information content (AvgIpc) is 3.44. The topological polar surface area (TPSA) is 144 Å². The number of hydrogen-bond donors (Lipinski definition) is 2. The maximum Gasteiger partial charge on any atom is 0.338 e. The first kappa shape index (κ1) is 22.8. The number of imide groups is 1. The highest BCUT2D eigenvalue weighted by atomic mass is 16.5. The van der Waals surface area contributed by atoms with Crippen molar-refractivity contribution in [2.45, 2.75) is 25.9 Å². The molecule has 11 nitrogen and oxygen atoms in total. The zero-order valence-electron chi connectivity index (χ0n) is 18.3. The maximum atomic E-state index is 12.8. The van der Waals surface area contributed by atoms with E-state index in [2.05, 4.69) is 10.6 Å². The van der Waals surface area contributed by atoms with Gasteiger partial charge in [0, 0.05) is 0 Å². The van der Waals surface area contributed by atoms with Crippen molar-refractivity contribution in [3.63, 3.8) is 0 Å². The summed E-state index contributed by atoms with van der Waals surface area (Å²) in [7, 11) is 0. The van der Waals surface area contributed by atoms with Crippen molar-refractivity contribution < 1.29 is 37.9 Å². The van der Waals surface area contributed by atoms with Crippen LogP contribution in [0, 0.1) is 0 Å². The number of benzene rings is 1. The molecule has 11 heteroatoms. The SMILES string of the molecule is CCOC(=O)C1=C(COC(=O)C(C)N2C(=O)c3ccccc3C2=O)NC(=O)NC1c1ccco1. The molecule has 0 saturated carbocycles. The van der Waals surface area contributed by atoms with Crippen LogP contribution in [-0.4, -0.2) is 53.9 Å². The average molecular weight is 467 g/mol. The lowest BCUT2D eigenvalue weighted by molar-refractivity contribution is -0.147. The number of ether oxygens (including phenoxy) is 2. The van der Waals surface area contributed by atoms with Crippen molar-refractivity contribution in [2.75, 3.05) is 13.2 Å². The van der Waals surface area contributed by atoms with Crippen LogP contribution >= 0.6 is 0 Å². The van der Waals surface area contributed by atoms with Gasteiger partial charge in [0.05, 0.1) is 35.3 Å². The predicted octanol–water partition coefficient (Wildman–Crippen LogP) is 1.68. The minimum Gasteiger partial charge on any atom is -0.467 e. The van der Waals surface area contributed by atoms with Gasteiger partial charge in [0.15, 0.2) is 0 Å². The number of hydrogen-bond acceptors (Lipinski definition) is 8. The summed E-state index contributed by atoms with van der Waals surface area (Å²) in [5.74, 6) is -2.57.